The topological polar surface area (TPSA) is 0 Å². The molecule has 108 valence electrons. The minimum Gasteiger partial charge on any atom is -1.00 e. The molecule has 4 heteroatoms. The van der Waals surface area contributed by atoms with Gasteiger partial charge in [0.05, 0.1) is 0 Å². The zero-order valence-electron chi connectivity index (χ0n) is 12.0. The van der Waals surface area contributed by atoms with E-state index in [9.17, 15) is 0 Å². The molecule has 1 atom stereocenters. The molecule has 0 aromatic carbocycles. The fourth-order valence-corrected chi connectivity index (χ4v) is 2.54. The van der Waals surface area contributed by atoms with Crippen LogP contribution in [0.4, 0.5) is 0 Å². The maximum Gasteiger partial charge on any atom is -0.109 e. The second-order valence-corrected chi connectivity index (χ2v) is 8.14. The second kappa shape index (κ2) is 13.1. The van der Waals surface area contributed by atoms with E-state index in [1.807, 2.05) is 23.9 Å². The Morgan fingerprint density at radius 3 is 2.35 bits per heavy atom. The van der Waals surface area contributed by atoms with Gasteiger partial charge in [-0.25, -0.2) is 12.2 Å². The second-order valence-electron chi connectivity index (χ2n) is 4.36. The summed E-state index contributed by atoms with van der Waals surface area (Å²) in [6, 6.07) is 0. The van der Waals surface area contributed by atoms with Crippen LogP contribution in [0.2, 0.25) is 0 Å². The summed E-state index contributed by atoms with van der Waals surface area (Å²) in [5, 5.41) is 0. The van der Waals surface area contributed by atoms with Crippen molar-refractivity contribution < 1.29 is 49.0 Å². The Hall–Kier alpha value is 0.383. The van der Waals surface area contributed by atoms with Crippen LogP contribution < -0.4 is 24.8 Å². The SMILES string of the molecule is CC1=CC2C=CC=C2S1.C[C](C)=[Zr+2].[C-]1=CC=CC1.[Cl-].[Cl-]. The average Bonchev–Trinajstić information content (AvgIpc) is 2.90. The molecule has 3 aliphatic rings. The summed E-state index contributed by atoms with van der Waals surface area (Å²) in [6.45, 7) is 6.41. The van der Waals surface area contributed by atoms with Gasteiger partial charge in [0.15, 0.2) is 0 Å². The zero-order valence-corrected chi connectivity index (χ0v) is 16.8. The Bertz CT molecular complexity index is 431. The van der Waals surface area contributed by atoms with Gasteiger partial charge in [-0.15, -0.1) is 6.42 Å². The minimum absolute atomic E-state index is 0. The summed E-state index contributed by atoms with van der Waals surface area (Å²) in [5.74, 6) is 0.634. The van der Waals surface area contributed by atoms with Crippen molar-refractivity contribution in [3.63, 3.8) is 0 Å². The molecule has 1 aliphatic heterocycles. The van der Waals surface area contributed by atoms with E-state index < -0.39 is 0 Å². The molecule has 3 rings (SSSR count). The van der Waals surface area contributed by atoms with E-state index >= 15 is 0 Å². The van der Waals surface area contributed by atoms with E-state index in [1.165, 1.54) is 13.0 Å². The van der Waals surface area contributed by atoms with Crippen LogP contribution in [0.15, 0.2) is 52.3 Å². The van der Waals surface area contributed by atoms with Crippen molar-refractivity contribution in [3.05, 3.63) is 58.4 Å². The molecule has 0 saturated heterocycles. The molecule has 0 spiro atoms. The molecule has 1 unspecified atom stereocenters. The number of rotatable bonds is 0. The Balaban J connectivity index is 0. The van der Waals surface area contributed by atoms with E-state index in [4.69, 9.17) is 0 Å². The van der Waals surface area contributed by atoms with E-state index in [2.05, 4.69) is 57.2 Å². The van der Waals surface area contributed by atoms with Gasteiger partial charge in [0.2, 0.25) is 0 Å². The third-order valence-electron chi connectivity index (χ3n) is 2.19. The largest absolute Gasteiger partial charge is 1.00 e. The van der Waals surface area contributed by atoms with Gasteiger partial charge in [-0.2, -0.15) is 6.08 Å². The molecule has 0 aromatic rings. The number of halogens is 2. The standard InChI is InChI=1S/C8H8S.C5H5.C3H6.2ClH.Zr/c1-6-5-7-3-2-4-8(7)9-6;1-2-4-5-3-1;1-3-2;;;/h2-5,7H,1H3;1-3H,4H2;1-2H3;2*1H;/q;-1;;;;+2/p-2. The van der Waals surface area contributed by atoms with Crippen molar-refractivity contribution >= 4 is 15.0 Å². The summed E-state index contributed by atoms with van der Waals surface area (Å²) in [5.41, 5.74) is 0. The van der Waals surface area contributed by atoms with E-state index in [0.717, 1.165) is 6.42 Å². The minimum atomic E-state index is 0. The maximum atomic E-state index is 2.99. The Morgan fingerprint density at radius 1 is 1.30 bits per heavy atom. The third-order valence-corrected chi connectivity index (χ3v) is 3.29. The quantitative estimate of drug-likeness (QED) is 0.455. The number of hydrogen-bond donors (Lipinski definition) is 0. The van der Waals surface area contributed by atoms with Crippen LogP contribution >= 0.6 is 11.8 Å². The molecule has 0 radical (unpaired) electrons. The molecule has 0 saturated carbocycles. The monoisotopic (exact) mass is 403 g/mol. The normalized spacial score (nSPS) is 19.4. The van der Waals surface area contributed by atoms with Crippen molar-refractivity contribution in [1.82, 2.24) is 0 Å². The number of thioether (sulfide) groups is 1. The summed E-state index contributed by atoms with van der Waals surface area (Å²) >= 11 is 3.45. The third kappa shape index (κ3) is 10.2. The first-order valence-corrected chi connectivity index (χ1v) is 8.12. The molecule has 0 bridgehead atoms. The Morgan fingerprint density at radius 2 is 1.95 bits per heavy atom. The summed E-state index contributed by atoms with van der Waals surface area (Å²) < 4.78 is 1.51. The van der Waals surface area contributed by atoms with E-state index in [0.29, 0.717) is 5.92 Å². The van der Waals surface area contributed by atoms with Gasteiger partial charge < -0.3 is 24.8 Å². The first-order valence-electron chi connectivity index (χ1n) is 6.07. The van der Waals surface area contributed by atoms with Gasteiger partial charge in [-0.3, -0.25) is 6.08 Å². The molecule has 20 heavy (non-hydrogen) atoms. The molecule has 0 fully saturated rings. The summed E-state index contributed by atoms with van der Waals surface area (Å²) in [4.78, 5) is 2.93. The molecule has 0 aromatic heterocycles. The van der Waals surface area contributed by atoms with Crippen LogP contribution in [0.25, 0.3) is 0 Å². The van der Waals surface area contributed by atoms with Gasteiger partial charge in [-0.05, 0) is 11.8 Å². The van der Waals surface area contributed by atoms with Crippen molar-refractivity contribution in [3.8, 4) is 0 Å². The predicted molar refractivity (Wildman–Crippen MR) is 80.0 cm³/mol. The maximum absolute atomic E-state index is 2.99. The van der Waals surface area contributed by atoms with Crippen LogP contribution in [-0.2, 0) is 24.2 Å². The van der Waals surface area contributed by atoms with Crippen LogP contribution in [0.3, 0.4) is 0 Å². The van der Waals surface area contributed by atoms with Crippen molar-refractivity contribution in [2.75, 3.05) is 0 Å². The van der Waals surface area contributed by atoms with Gasteiger partial charge in [0, 0.05) is 10.8 Å². The number of fused-ring (bicyclic) bond motifs is 1. The van der Waals surface area contributed by atoms with Crippen LogP contribution in [-0.4, -0.2) is 3.21 Å². The average molecular weight is 406 g/mol. The molecule has 0 amide bonds. The van der Waals surface area contributed by atoms with Gasteiger partial charge in [0.25, 0.3) is 0 Å². The Kier molecular flexibility index (Phi) is 14.8. The number of allylic oxidation sites excluding steroid dienone is 10. The molecule has 0 N–H and O–H groups in total. The molecular weight excluding hydrogens is 386 g/mol. The first kappa shape index (κ1) is 22.7. The smallest absolute Gasteiger partial charge is 0.109 e. The zero-order chi connectivity index (χ0) is 13.4. The van der Waals surface area contributed by atoms with Crippen LogP contribution in [0.1, 0.15) is 27.2 Å². The molecule has 2 aliphatic carbocycles. The van der Waals surface area contributed by atoms with Gasteiger partial charge in [-0.1, -0.05) is 36.1 Å². The van der Waals surface area contributed by atoms with Crippen LogP contribution in [0, 0.1) is 12.0 Å². The number of hydrogen-bond acceptors (Lipinski definition) is 1. The molecule has 1 heterocycles. The fourth-order valence-electron chi connectivity index (χ4n) is 1.53. The molecule has 0 nitrogen and oxygen atoms in total. The summed E-state index contributed by atoms with van der Waals surface area (Å²) in [6.07, 6.45) is 18.9. The molecular formula is C16H19Cl2SZr-. The van der Waals surface area contributed by atoms with Gasteiger partial charge in [0.1, 0.15) is 0 Å². The predicted octanol–water partition coefficient (Wildman–Crippen LogP) is -1.23. The van der Waals surface area contributed by atoms with Gasteiger partial charge >= 0.3 is 41.3 Å². The van der Waals surface area contributed by atoms with Crippen LogP contribution in [0.5, 0.6) is 0 Å². The van der Waals surface area contributed by atoms with Crippen molar-refractivity contribution in [1.29, 1.82) is 0 Å². The first-order chi connectivity index (χ1) is 8.59. The van der Waals surface area contributed by atoms with E-state index in [1.54, 1.807) is 24.2 Å². The van der Waals surface area contributed by atoms with Crippen molar-refractivity contribution in [2.45, 2.75) is 27.2 Å². The fraction of sp³-hybridized carbons (Fsp3) is 0.312. The van der Waals surface area contributed by atoms with Crippen molar-refractivity contribution in [2.24, 2.45) is 5.92 Å². The Labute approximate surface area is 154 Å². The summed E-state index contributed by atoms with van der Waals surface area (Å²) in [7, 11) is 0. The van der Waals surface area contributed by atoms with E-state index in [-0.39, 0.29) is 24.8 Å².